The van der Waals surface area contributed by atoms with Crippen LogP contribution in [0.2, 0.25) is 0 Å². The SMILES string of the molecule is C[C@H](NCC(=O)N1CCC[C@H](C(N)=O)C1)c1ccc2c(c1)CCCC2. The number of hydrogen-bond acceptors (Lipinski definition) is 3. The molecule has 1 heterocycles. The molecule has 0 spiro atoms. The maximum Gasteiger partial charge on any atom is 0.236 e. The highest BCUT2D eigenvalue weighted by molar-refractivity contribution is 5.81. The number of likely N-dealkylation sites (tertiary alicyclic amines) is 1. The average Bonchev–Trinajstić information content (AvgIpc) is 2.65. The second kappa shape index (κ2) is 8.00. The van der Waals surface area contributed by atoms with Gasteiger partial charge in [-0.3, -0.25) is 9.59 Å². The fourth-order valence-corrected chi connectivity index (χ4v) is 3.93. The number of rotatable bonds is 5. The minimum atomic E-state index is -0.298. The van der Waals surface area contributed by atoms with Crippen LogP contribution >= 0.6 is 0 Å². The summed E-state index contributed by atoms with van der Waals surface area (Å²) in [4.78, 5) is 25.6. The van der Waals surface area contributed by atoms with Crippen molar-refractivity contribution in [1.29, 1.82) is 0 Å². The predicted molar refractivity (Wildman–Crippen MR) is 98.0 cm³/mol. The summed E-state index contributed by atoms with van der Waals surface area (Å²) in [6.07, 6.45) is 6.55. The fraction of sp³-hybridized carbons (Fsp3) is 0.600. The number of piperidine rings is 1. The standard InChI is InChI=1S/C20H29N3O2/c1-14(16-9-8-15-5-2-3-6-17(15)11-16)22-12-19(24)23-10-4-7-18(13-23)20(21)25/h8-9,11,14,18,22H,2-7,10,12-13H2,1H3,(H2,21,25)/t14-,18-/m0/s1. The van der Waals surface area contributed by atoms with E-state index in [-0.39, 0.29) is 23.8 Å². The van der Waals surface area contributed by atoms with Gasteiger partial charge in [0.1, 0.15) is 0 Å². The van der Waals surface area contributed by atoms with E-state index < -0.39 is 0 Å². The van der Waals surface area contributed by atoms with Gasteiger partial charge in [-0.05, 0) is 62.1 Å². The number of nitrogens with two attached hydrogens (primary N) is 1. The van der Waals surface area contributed by atoms with E-state index in [9.17, 15) is 9.59 Å². The zero-order valence-corrected chi connectivity index (χ0v) is 15.1. The Morgan fingerprint density at radius 3 is 2.76 bits per heavy atom. The van der Waals surface area contributed by atoms with E-state index in [0.717, 1.165) is 25.8 Å². The molecule has 1 fully saturated rings. The van der Waals surface area contributed by atoms with Gasteiger partial charge in [-0.25, -0.2) is 0 Å². The number of benzene rings is 1. The van der Waals surface area contributed by atoms with Gasteiger partial charge >= 0.3 is 0 Å². The van der Waals surface area contributed by atoms with Crippen LogP contribution in [0.15, 0.2) is 18.2 Å². The molecule has 3 rings (SSSR count). The van der Waals surface area contributed by atoms with Crippen LogP contribution < -0.4 is 11.1 Å². The first kappa shape index (κ1) is 17.9. The lowest BCUT2D eigenvalue weighted by Gasteiger charge is -2.31. The van der Waals surface area contributed by atoms with E-state index in [0.29, 0.717) is 13.1 Å². The molecule has 2 aliphatic rings. The number of amides is 2. The maximum absolute atomic E-state index is 12.4. The topological polar surface area (TPSA) is 75.4 Å². The molecule has 1 aromatic carbocycles. The van der Waals surface area contributed by atoms with Crippen molar-refractivity contribution in [2.24, 2.45) is 11.7 Å². The summed E-state index contributed by atoms with van der Waals surface area (Å²) in [7, 11) is 0. The van der Waals surface area contributed by atoms with Crippen molar-refractivity contribution in [1.82, 2.24) is 10.2 Å². The Bertz CT molecular complexity index is 644. The predicted octanol–water partition coefficient (Wildman–Crippen LogP) is 1.94. The summed E-state index contributed by atoms with van der Waals surface area (Å²) in [5.41, 5.74) is 9.57. The molecule has 0 unspecified atom stereocenters. The maximum atomic E-state index is 12.4. The molecule has 1 saturated heterocycles. The van der Waals surface area contributed by atoms with Crippen molar-refractivity contribution >= 4 is 11.8 Å². The first-order valence-electron chi connectivity index (χ1n) is 9.47. The number of fused-ring (bicyclic) bond motifs is 1. The van der Waals surface area contributed by atoms with Crippen molar-refractivity contribution in [3.8, 4) is 0 Å². The van der Waals surface area contributed by atoms with Gasteiger partial charge in [0.05, 0.1) is 12.5 Å². The molecule has 2 amide bonds. The molecule has 3 N–H and O–H groups in total. The van der Waals surface area contributed by atoms with Crippen LogP contribution in [0.25, 0.3) is 0 Å². The van der Waals surface area contributed by atoms with E-state index in [4.69, 9.17) is 5.73 Å². The van der Waals surface area contributed by atoms with Crippen LogP contribution in [0.5, 0.6) is 0 Å². The second-order valence-electron chi connectivity index (χ2n) is 7.42. The Morgan fingerprint density at radius 2 is 2.00 bits per heavy atom. The summed E-state index contributed by atoms with van der Waals surface area (Å²) in [6.45, 7) is 3.57. The largest absolute Gasteiger partial charge is 0.369 e. The molecule has 25 heavy (non-hydrogen) atoms. The molecule has 2 atom stereocenters. The zero-order valence-electron chi connectivity index (χ0n) is 15.1. The number of nitrogens with one attached hydrogen (secondary N) is 1. The molecule has 1 aromatic rings. The van der Waals surface area contributed by atoms with Gasteiger partial charge in [-0.1, -0.05) is 18.2 Å². The minimum absolute atomic E-state index is 0.0516. The number of aryl methyl sites for hydroxylation is 2. The quantitative estimate of drug-likeness (QED) is 0.858. The molecule has 0 radical (unpaired) electrons. The van der Waals surface area contributed by atoms with E-state index in [2.05, 4.69) is 30.4 Å². The highest BCUT2D eigenvalue weighted by Gasteiger charge is 2.26. The molecule has 0 saturated carbocycles. The highest BCUT2D eigenvalue weighted by Crippen LogP contribution is 2.24. The Hall–Kier alpha value is -1.88. The summed E-state index contributed by atoms with van der Waals surface area (Å²) in [5.74, 6) is -0.445. The Morgan fingerprint density at radius 1 is 1.24 bits per heavy atom. The molecule has 1 aliphatic heterocycles. The minimum Gasteiger partial charge on any atom is -0.369 e. The second-order valence-corrected chi connectivity index (χ2v) is 7.42. The van der Waals surface area contributed by atoms with Crippen LogP contribution in [0.4, 0.5) is 0 Å². The van der Waals surface area contributed by atoms with Crippen molar-refractivity contribution < 1.29 is 9.59 Å². The van der Waals surface area contributed by atoms with E-state index in [1.807, 2.05) is 0 Å². The van der Waals surface area contributed by atoms with Gasteiger partial charge in [-0.15, -0.1) is 0 Å². The summed E-state index contributed by atoms with van der Waals surface area (Å²) in [6, 6.07) is 6.84. The molecule has 0 aromatic heterocycles. The van der Waals surface area contributed by atoms with Gasteiger partial charge in [-0.2, -0.15) is 0 Å². The van der Waals surface area contributed by atoms with Gasteiger partial charge in [0.2, 0.25) is 11.8 Å². The van der Waals surface area contributed by atoms with E-state index in [1.165, 1.54) is 36.0 Å². The van der Waals surface area contributed by atoms with Crippen molar-refractivity contribution in [2.75, 3.05) is 19.6 Å². The van der Waals surface area contributed by atoms with Gasteiger partial charge < -0.3 is 16.0 Å². The monoisotopic (exact) mass is 343 g/mol. The lowest BCUT2D eigenvalue weighted by atomic mass is 9.89. The molecule has 0 bridgehead atoms. The highest BCUT2D eigenvalue weighted by atomic mass is 16.2. The third kappa shape index (κ3) is 4.40. The van der Waals surface area contributed by atoms with Gasteiger partial charge in [0.15, 0.2) is 0 Å². The molecular formula is C20H29N3O2. The smallest absolute Gasteiger partial charge is 0.236 e. The molecular weight excluding hydrogens is 314 g/mol. The number of nitrogens with zero attached hydrogens (tertiary/aromatic N) is 1. The van der Waals surface area contributed by atoms with Crippen LogP contribution in [0.3, 0.4) is 0 Å². The van der Waals surface area contributed by atoms with Crippen LogP contribution in [-0.4, -0.2) is 36.3 Å². The van der Waals surface area contributed by atoms with Crippen LogP contribution in [-0.2, 0) is 22.4 Å². The summed E-state index contributed by atoms with van der Waals surface area (Å²) in [5, 5.41) is 3.34. The molecule has 136 valence electrons. The third-order valence-electron chi connectivity index (χ3n) is 5.61. The van der Waals surface area contributed by atoms with E-state index in [1.54, 1.807) is 4.90 Å². The first-order valence-corrected chi connectivity index (χ1v) is 9.47. The van der Waals surface area contributed by atoms with Crippen molar-refractivity contribution in [2.45, 2.75) is 51.5 Å². The molecule has 1 aliphatic carbocycles. The Balaban J connectivity index is 1.54. The lowest BCUT2D eigenvalue weighted by Crippen LogP contribution is -2.47. The number of carbonyl (C=O) groups is 2. The van der Waals surface area contributed by atoms with Crippen LogP contribution in [0.1, 0.15) is 55.3 Å². The number of hydrogen-bond donors (Lipinski definition) is 2. The first-order chi connectivity index (χ1) is 12.0. The van der Waals surface area contributed by atoms with E-state index >= 15 is 0 Å². The number of carbonyl (C=O) groups excluding carboxylic acids is 2. The fourth-order valence-electron chi connectivity index (χ4n) is 3.93. The number of primary amides is 1. The van der Waals surface area contributed by atoms with Crippen molar-refractivity contribution in [3.63, 3.8) is 0 Å². The normalized spacial score (nSPS) is 21.5. The Kier molecular flexibility index (Phi) is 5.74. The lowest BCUT2D eigenvalue weighted by molar-refractivity contribution is -0.134. The zero-order chi connectivity index (χ0) is 17.8. The van der Waals surface area contributed by atoms with Gasteiger partial charge in [0.25, 0.3) is 0 Å². The molecule has 5 nitrogen and oxygen atoms in total. The summed E-state index contributed by atoms with van der Waals surface area (Å²) < 4.78 is 0. The van der Waals surface area contributed by atoms with Gasteiger partial charge in [0, 0.05) is 19.1 Å². The summed E-state index contributed by atoms with van der Waals surface area (Å²) >= 11 is 0. The average molecular weight is 343 g/mol. The molecule has 5 heteroatoms. The Labute approximate surface area is 150 Å². The van der Waals surface area contributed by atoms with Crippen LogP contribution in [0, 0.1) is 5.92 Å². The third-order valence-corrected chi connectivity index (χ3v) is 5.61. The van der Waals surface area contributed by atoms with Crippen molar-refractivity contribution in [3.05, 3.63) is 34.9 Å².